The van der Waals surface area contributed by atoms with Gasteiger partial charge in [0.2, 0.25) is 5.71 Å². The van der Waals surface area contributed by atoms with Crippen LogP contribution in [0.5, 0.6) is 0 Å². The van der Waals surface area contributed by atoms with Crippen molar-refractivity contribution in [3.63, 3.8) is 0 Å². The van der Waals surface area contributed by atoms with E-state index in [1.165, 1.54) is 0 Å². The number of amides is 1. The first kappa shape index (κ1) is 16.6. The van der Waals surface area contributed by atoms with Crippen molar-refractivity contribution in [2.45, 2.75) is 18.9 Å². The van der Waals surface area contributed by atoms with Crippen LogP contribution in [0.25, 0.3) is 0 Å². The molecule has 1 fully saturated rings. The maximum absolute atomic E-state index is 11.9. The molecular weight excluding hydrogens is 327 g/mol. The number of hydrogen-bond donors (Lipinski definition) is 2. The van der Waals surface area contributed by atoms with Crippen molar-refractivity contribution in [2.75, 3.05) is 18.6 Å². The Morgan fingerprint density at radius 1 is 1.45 bits per heavy atom. The molecule has 1 aromatic carbocycles. The van der Waals surface area contributed by atoms with Gasteiger partial charge in [-0.2, -0.15) is 10.4 Å². The smallest absolute Gasteiger partial charge is 0.282 e. The molecule has 1 saturated heterocycles. The molecule has 2 N–H and O–H groups in total. The summed E-state index contributed by atoms with van der Waals surface area (Å²) in [5.74, 6) is -0.550. The quantitative estimate of drug-likeness (QED) is 0.637. The Balaban J connectivity index is 1.92. The average molecular weight is 341 g/mol. The molecule has 0 saturated carbocycles. The third-order valence-corrected chi connectivity index (χ3v) is 3.79. The zero-order chi connectivity index (χ0) is 15.9. The van der Waals surface area contributed by atoms with E-state index in [-0.39, 0.29) is 11.8 Å². The predicted octanol–water partition coefficient (Wildman–Crippen LogP) is 2.58. The maximum Gasteiger partial charge on any atom is 0.282 e. The fourth-order valence-electron chi connectivity index (χ4n) is 1.91. The van der Waals surface area contributed by atoms with E-state index in [1.54, 1.807) is 24.3 Å². The van der Waals surface area contributed by atoms with Crippen LogP contribution in [0.4, 0.5) is 5.69 Å². The van der Waals surface area contributed by atoms with Gasteiger partial charge in [0.05, 0.1) is 21.8 Å². The van der Waals surface area contributed by atoms with E-state index in [0.29, 0.717) is 28.9 Å². The molecule has 1 heterocycles. The van der Waals surface area contributed by atoms with Gasteiger partial charge in [-0.25, -0.2) is 0 Å². The summed E-state index contributed by atoms with van der Waals surface area (Å²) in [6.45, 7) is 1.07. The third-order valence-electron chi connectivity index (χ3n) is 3.05. The van der Waals surface area contributed by atoms with Crippen molar-refractivity contribution >= 4 is 40.5 Å². The minimum absolute atomic E-state index is 0.00641. The van der Waals surface area contributed by atoms with Crippen molar-refractivity contribution in [1.82, 2.24) is 5.32 Å². The number of halogens is 2. The van der Waals surface area contributed by atoms with Gasteiger partial charge in [0.1, 0.15) is 6.07 Å². The molecule has 0 radical (unpaired) electrons. The molecule has 116 valence electrons. The fourth-order valence-corrected chi connectivity index (χ4v) is 2.21. The van der Waals surface area contributed by atoms with Crippen molar-refractivity contribution in [3.05, 3.63) is 28.2 Å². The predicted molar refractivity (Wildman–Crippen MR) is 85.1 cm³/mol. The van der Waals surface area contributed by atoms with Crippen LogP contribution in [0, 0.1) is 11.3 Å². The number of carbonyl (C=O) groups is 1. The molecule has 22 heavy (non-hydrogen) atoms. The van der Waals surface area contributed by atoms with Crippen molar-refractivity contribution in [1.29, 1.82) is 5.26 Å². The van der Waals surface area contributed by atoms with Gasteiger partial charge >= 0.3 is 0 Å². The van der Waals surface area contributed by atoms with Crippen LogP contribution in [0.15, 0.2) is 23.3 Å². The highest BCUT2D eigenvalue weighted by Crippen LogP contribution is 2.24. The number of carbonyl (C=O) groups excluding carboxylic acids is 1. The summed E-state index contributed by atoms with van der Waals surface area (Å²) in [5.41, 5.74) is 2.85. The van der Waals surface area contributed by atoms with Gasteiger partial charge in [-0.05, 0) is 31.0 Å². The Morgan fingerprint density at radius 2 is 2.27 bits per heavy atom. The van der Waals surface area contributed by atoms with Crippen LogP contribution < -0.4 is 10.7 Å². The Morgan fingerprint density at radius 3 is 2.91 bits per heavy atom. The van der Waals surface area contributed by atoms with E-state index in [2.05, 4.69) is 15.8 Å². The first-order valence-electron chi connectivity index (χ1n) is 6.69. The highest BCUT2D eigenvalue weighted by Gasteiger charge is 2.18. The molecule has 8 heteroatoms. The molecule has 1 aliphatic rings. The van der Waals surface area contributed by atoms with Gasteiger partial charge in [-0.15, -0.1) is 0 Å². The van der Waals surface area contributed by atoms with Crippen LogP contribution in [-0.2, 0) is 9.53 Å². The first-order valence-corrected chi connectivity index (χ1v) is 7.44. The largest absolute Gasteiger partial charge is 0.376 e. The van der Waals surface area contributed by atoms with Crippen LogP contribution >= 0.6 is 23.2 Å². The summed E-state index contributed by atoms with van der Waals surface area (Å²) < 4.78 is 5.39. The lowest BCUT2D eigenvalue weighted by Gasteiger charge is -2.09. The molecule has 1 amide bonds. The summed E-state index contributed by atoms with van der Waals surface area (Å²) in [4.78, 5) is 11.9. The summed E-state index contributed by atoms with van der Waals surface area (Å²) in [5, 5.41) is 16.2. The topological polar surface area (TPSA) is 86.5 Å². The zero-order valence-corrected chi connectivity index (χ0v) is 13.1. The number of anilines is 1. The van der Waals surface area contributed by atoms with Crippen LogP contribution in [0.3, 0.4) is 0 Å². The minimum atomic E-state index is -0.550. The average Bonchev–Trinajstić information content (AvgIpc) is 3.02. The van der Waals surface area contributed by atoms with Crippen molar-refractivity contribution < 1.29 is 9.53 Å². The number of nitrogens with one attached hydrogen (secondary N) is 2. The number of ether oxygens (including phenoxy) is 1. The molecule has 6 nitrogen and oxygen atoms in total. The zero-order valence-electron chi connectivity index (χ0n) is 11.6. The van der Waals surface area contributed by atoms with E-state index >= 15 is 0 Å². The Hall–Kier alpha value is -1.81. The number of nitrogens with zero attached hydrogens (tertiary/aromatic N) is 2. The van der Waals surface area contributed by atoms with Gasteiger partial charge in [0.15, 0.2) is 0 Å². The highest BCUT2D eigenvalue weighted by atomic mass is 35.5. The number of hydrogen-bond acceptors (Lipinski definition) is 5. The van der Waals surface area contributed by atoms with E-state index in [9.17, 15) is 4.79 Å². The van der Waals surface area contributed by atoms with Crippen LogP contribution in [0.1, 0.15) is 12.8 Å². The maximum atomic E-state index is 11.9. The lowest BCUT2D eigenvalue weighted by atomic mass is 10.2. The molecule has 2 rings (SSSR count). The monoisotopic (exact) mass is 340 g/mol. The van der Waals surface area contributed by atoms with E-state index in [0.717, 1.165) is 12.8 Å². The summed E-state index contributed by atoms with van der Waals surface area (Å²) >= 11 is 11.7. The first-order chi connectivity index (χ1) is 10.6. The second kappa shape index (κ2) is 7.99. The summed E-state index contributed by atoms with van der Waals surface area (Å²) in [6.07, 6.45) is 1.89. The number of rotatable bonds is 5. The van der Waals surface area contributed by atoms with Crippen LogP contribution in [0.2, 0.25) is 10.0 Å². The Kier molecular flexibility index (Phi) is 6.01. The molecule has 0 aromatic heterocycles. The van der Waals surface area contributed by atoms with Gasteiger partial charge in [-0.1, -0.05) is 23.2 Å². The van der Waals surface area contributed by atoms with Crippen molar-refractivity contribution in [3.8, 4) is 6.07 Å². The van der Waals surface area contributed by atoms with Gasteiger partial charge < -0.3 is 10.1 Å². The van der Waals surface area contributed by atoms with Crippen molar-refractivity contribution in [2.24, 2.45) is 5.10 Å². The molecule has 1 aliphatic heterocycles. The number of benzene rings is 1. The van der Waals surface area contributed by atoms with Gasteiger partial charge in [0, 0.05) is 13.2 Å². The molecule has 0 unspecified atom stereocenters. The normalized spacial score (nSPS) is 17.9. The van der Waals surface area contributed by atoms with Gasteiger partial charge in [-0.3, -0.25) is 10.2 Å². The van der Waals surface area contributed by atoms with Crippen LogP contribution in [-0.4, -0.2) is 30.9 Å². The highest BCUT2D eigenvalue weighted by molar-refractivity contribution is 6.45. The van der Waals surface area contributed by atoms with E-state index in [1.807, 2.05) is 0 Å². The molecule has 0 aliphatic carbocycles. The second-order valence-corrected chi connectivity index (χ2v) is 5.47. The minimum Gasteiger partial charge on any atom is -0.376 e. The SMILES string of the molecule is N#C/C(=N/Nc1ccc(Cl)c(Cl)c1)C(=O)NC[C@@H]1CCCO1. The van der Waals surface area contributed by atoms with Gasteiger partial charge in [0.25, 0.3) is 5.91 Å². The Labute approximate surface area is 138 Å². The number of hydrazone groups is 1. The fraction of sp³-hybridized carbons (Fsp3) is 0.357. The lowest BCUT2D eigenvalue weighted by Crippen LogP contribution is -2.36. The number of nitriles is 1. The molecule has 1 atom stereocenters. The Bertz CT molecular complexity index is 622. The summed E-state index contributed by atoms with van der Waals surface area (Å²) in [7, 11) is 0. The molecular formula is C14H14Cl2N4O2. The van der Waals surface area contributed by atoms with E-state index in [4.69, 9.17) is 33.2 Å². The lowest BCUT2D eigenvalue weighted by molar-refractivity contribution is -0.115. The standard InChI is InChI=1S/C14H14Cl2N4O2/c15-11-4-3-9(6-12(11)16)19-20-13(7-17)14(21)18-8-10-2-1-5-22-10/h3-4,6,10,19H,1-2,5,8H2,(H,18,21)/b20-13-/t10-/m0/s1. The van der Waals surface area contributed by atoms with E-state index < -0.39 is 5.91 Å². The third kappa shape index (κ3) is 4.60. The molecule has 0 bridgehead atoms. The second-order valence-electron chi connectivity index (χ2n) is 4.66. The molecule has 0 spiro atoms. The molecule has 1 aromatic rings. The summed E-state index contributed by atoms with van der Waals surface area (Å²) in [6, 6.07) is 6.52.